The van der Waals surface area contributed by atoms with E-state index < -0.39 is 0 Å². The van der Waals surface area contributed by atoms with E-state index in [1.54, 1.807) is 19.1 Å². The first-order valence-corrected chi connectivity index (χ1v) is 7.13. The molecule has 0 aliphatic carbocycles. The minimum Gasteiger partial charge on any atom is -0.489 e. The first-order chi connectivity index (χ1) is 10.1. The van der Waals surface area contributed by atoms with Crippen LogP contribution in [0.1, 0.15) is 28.4 Å². The van der Waals surface area contributed by atoms with Gasteiger partial charge in [-0.05, 0) is 55.3 Å². The third kappa shape index (κ3) is 4.23. The highest BCUT2D eigenvalue weighted by Crippen LogP contribution is 2.21. The molecule has 0 bridgehead atoms. The molecule has 0 aromatic heterocycles. The van der Waals surface area contributed by atoms with Gasteiger partial charge in [0.1, 0.15) is 12.4 Å². The Morgan fingerprint density at radius 3 is 2.48 bits per heavy atom. The fraction of sp³-hybridized carbons (Fsp3) is 0.235. The van der Waals surface area contributed by atoms with Crippen LogP contribution in [-0.4, -0.2) is 12.6 Å². The van der Waals surface area contributed by atoms with Crippen LogP contribution in [0.3, 0.4) is 0 Å². The maximum absolute atomic E-state index is 11.5. The number of aryl methyl sites for hydroxylation is 1. The van der Waals surface area contributed by atoms with Gasteiger partial charge in [0, 0.05) is 5.02 Å². The van der Waals surface area contributed by atoms with Crippen molar-refractivity contribution in [3.8, 4) is 5.75 Å². The number of ether oxygens (including phenoxy) is 2. The highest BCUT2D eigenvalue weighted by atomic mass is 35.5. The molecular formula is C17H17ClO3. The van der Waals surface area contributed by atoms with Gasteiger partial charge in [0.25, 0.3) is 0 Å². The normalized spacial score (nSPS) is 10.2. The lowest BCUT2D eigenvalue weighted by Gasteiger charge is -2.08. The summed E-state index contributed by atoms with van der Waals surface area (Å²) in [6.45, 7) is 4.53. The number of hydrogen-bond donors (Lipinski definition) is 0. The van der Waals surface area contributed by atoms with Gasteiger partial charge < -0.3 is 9.47 Å². The number of carbonyl (C=O) groups excluding carboxylic acids is 1. The summed E-state index contributed by atoms with van der Waals surface area (Å²) in [7, 11) is 0. The van der Waals surface area contributed by atoms with Crippen LogP contribution in [0.25, 0.3) is 0 Å². The molecule has 2 aromatic rings. The molecule has 0 amide bonds. The third-order valence-corrected chi connectivity index (χ3v) is 3.42. The Kier molecular flexibility index (Phi) is 5.23. The van der Waals surface area contributed by atoms with E-state index in [1.807, 2.05) is 37.3 Å². The van der Waals surface area contributed by atoms with Crippen LogP contribution < -0.4 is 4.74 Å². The van der Waals surface area contributed by atoms with E-state index in [-0.39, 0.29) is 5.97 Å². The third-order valence-electron chi connectivity index (χ3n) is 3.00. The summed E-state index contributed by atoms with van der Waals surface area (Å²) < 4.78 is 10.6. The van der Waals surface area contributed by atoms with Crippen LogP contribution in [0.4, 0.5) is 0 Å². The maximum atomic E-state index is 11.5. The van der Waals surface area contributed by atoms with E-state index in [0.717, 1.165) is 21.9 Å². The molecule has 4 heteroatoms. The van der Waals surface area contributed by atoms with Gasteiger partial charge in [0.2, 0.25) is 0 Å². The van der Waals surface area contributed by atoms with Gasteiger partial charge in [0.05, 0.1) is 12.2 Å². The zero-order valence-electron chi connectivity index (χ0n) is 12.1. The summed E-state index contributed by atoms with van der Waals surface area (Å²) in [6.07, 6.45) is 0. The fourth-order valence-electron chi connectivity index (χ4n) is 1.83. The van der Waals surface area contributed by atoms with Crippen molar-refractivity contribution >= 4 is 17.6 Å². The van der Waals surface area contributed by atoms with E-state index in [2.05, 4.69) is 0 Å². The lowest BCUT2D eigenvalue weighted by molar-refractivity contribution is 0.0526. The van der Waals surface area contributed by atoms with Crippen LogP contribution in [0.15, 0.2) is 42.5 Å². The summed E-state index contributed by atoms with van der Waals surface area (Å²) in [6, 6.07) is 12.7. The van der Waals surface area contributed by atoms with Crippen molar-refractivity contribution in [2.45, 2.75) is 20.5 Å². The van der Waals surface area contributed by atoms with Crippen LogP contribution >= 0.6 is 11.6 Å². The first-order valence-electron chi connectivity index (χ1n) is 6.75. The lowest BCUT2D eigenvalue weighted by atomic mass is 10.1. The van der Waals surface area contributed by atoms with E-state index in [9.17, 15) is 4.79 Å². The van der Waals surface area contributed by atoms with Crippen molar-refractivity contribution in [1.29, 1.82) is 0 Å². The van der Waals surface area contributed by atoms with Gasteiger partial charge in [-0.1, -0.05) is 23.7 Å². The molecule has 0 fully saturated rings. The second kappa shape index (κ2) is 7.14. The zero-order valence-corrected chi connectivity index (χ0v) is 12.8. The van der Waals surface area contributed by atoms with Crippen molar-refractivity contribution in [1.82, 2.24) is 0 Å². The van der Waals surface area contributed by atoms with Gasteiger partial charge in [0.15, 0.2) is 0 Å². The van der Waals surface area contributed by atoms with Crippen molar-refractivity contribution in [3.63, 3.8) is 0 Å². The Bertz CT molecular complexity index is 620. The molecule has 0 N–H and O–H groups in total. The second-order valence-corrected chi connectivity index (χ2v) is 5.02. The highest BCUT2D eigenvalue weighted by molar-refractivity contribution is 6.31. The van der Waals surface area contributed by atoms with Gasteiger partial charge in [-0.2, -0.15) is 0 Å². The average molecular weight is 305 g/mol. The lowest BCUT2D eigenvalue weighted by Crippen LogP contribution is -2.04. The number of esters is 1. The molecule has 0 saturated heterocycles. The fourth-order valence-corrected chi connectivity index (χ4v) is 1.94. The monoisotopic (exact) mass is 304 g/mol. The smallest absolute Gasteiger partial charge is 0.338 e. The zero-order chi connectivity index (χ0) is 15.2. The molecule has 0 aliphatic rings. The summed E-state index contributed by atoms with van der Waals surface area (Å²) in [5.41, 5.74) is 2.51. The molecule has 0 spiro atoms. The highest BCUT2D eigenvalue weighted by Gasteiger charge is 2.06. The van der Waals surface area contributed by atoms with Crippen molar-refractivity contribution in [2.75, 3.05) is 6.61 Å². The van der Waals surface area contributed by atoms with Gasteiger partial charge in [-0.3, -0.25) is 0 Å². The summed E-state index contributed by atoms with van der Waals surface area (Å²) in [4.78, 5) is 11.5. The van der Waals surface area contributed by atoms with Crippen LogP contribution in [-0.2, 0) is 11.3 Å². The van der Waals surface area contributed by atoms with Gasteiger partial charge in [-0.25, -0.2) is 4.79 Å². The van der Waals surface area contributed by atoms with E-state index in [0.29, 0.717) is 18.8 Å². The number of rotatable bonds is 5. The van der Waals surface area contributed by atoms with E-state index in [4.69, 9.17) is 21.1 Å². The number of hydrogen-bond acceptors (Lipinski definition) is 3. The average Bonchev–Trinajstić information content (AvgIpc) is 2.49. The number of carbonyl (C=O) groups is 1. The molecule has 0 radical (unpaired) electrons. The molecule has 0 unspecified atom stereocenters. The maximum Gasteiger partial charge on any atom is 0.338 e. The molecular weight excluding hydrogens is 288 g/mol. The Morgan fingerprint density at radius 2 is 1.86 bits per heavy atom. The predicted molar refractivity (Wildman–Crippen MR) is 82.9 cm³/mol. The first kappa shape index (κ1) is 15.4. The minimum absolute atomic E-state index is 0.307. The van der Waals surface area contributed by atoms with Crippen LogP contribution in [0, 0.1) is 6.92 Å². The van der Waals surface area contributed by atoms with Crippen LogP contribution in [0.5, 0.6) is 5.75 Å². The van der Waals surface area contributed by atoms with E-state index in [1.165, 1.54) is 0 Å². The quantitative estimate of drug-likeness (QED) is 0.768. The molecule has 0 heterocycles. The Balaban J connectivity index is 1.97. The standard InChI is InChI=1S/C17H17ClO3/c1-3-20-17(19)14-6-4-13(5-7-14)11-21-15-8-9-16(18)12(2)10-15/h4-10H,3,11H2,1-2H3. The van der Waals surface area contributed by atoms with Crippen molar-refractivity contribution < 1.29 is 14.3 Å². The summed E-state index contributed by atoms with van der Waals surface area (Å²) in [5, 5.41) is 0.723. The van der Waals surface area contributed by atoms with Gasteiger partial charge in [-0.15, -0.1) is 0 Å². The number of benzene rings is 2. The van der Waals surface area contributed by atoms with Crippen molar-refractivity contribution in [3.05, 3.63) is 64.2 Å². The molecule has 21 heavy (non-hydrogen) atoms. The molecule has 0 saturated carbocycles. The molecule has 0 aliphatic heterocycles. The molecule has 3 nitrogen and oxygen atoms in total. The molecule has 110 valence electrons. The molecule has 0 atom stereocenters. The summed E-state index contributed by atoms with van der Waals surface area (Å²) in [5.74, 6) is 0.463. The number of halogens is 1. The SMILES string of the molecule is CCOC(=O)c1ccc(COc2ccc(Cl)c(C)c2)cc1. The van der Waals surface area contributed by atoms with Gasteiger partial charge >= 0.3 is 5.97 Å². The Hall–Kier alpha value is -2.00. The van der Waals surface area contributed by atoms with E-state index >= 15 is 0 Å². The van der Waals surface area contributed by atoms with Crippen LogP contribution in [0.2, 0.25) is 5.02 Å². The predicted octanol–water partition coefficient (Wildman–Crippen LogP) is 4.40. The Morgan fingerprint density at radius 1 is 1.14 bits per heavy atom. The Labute approximate surface area is 129 Å². The topological polar surface area (TPSA) is 35.5 Å². The van der Waals surface area contributed by atoms with Crippen molar-refractivity contribution in [2.24, 2.45) is 0 Å². The molecule has 2 rings (SSSR count). The molecule has 2 aromatic carbocycles. The summed E-state index contributed by atoms with van der Waals surface area (Å²) >= 11 is 5.97. The minimum atomic E-state index is -0.307. The second-order valence-electron chi connectivity index (χ2n) is 4.62. The largest absolute Gasteiger partial charge is 0.489 e.